The summed E-state index contributed by atoms with van der Waals surface area (Å²) in [6.07, 6.45) is 0. The Hall–Kier alpha value is -2.60. The normalized spacial score (nSPS) is 11.0. The average molecular weight is 370 g/mol. The summed E-state index contributed by atoms with van der Waals surface area (Å²) in [6, 6.07) is 11.2. The highest BCUT2D eigenvalue weighted by Gasteiger charge is 2.14. The van der Waals surface area contributed by atoms with E-state index in [9.17, 15) is 4.79 Å². The number of rotatable bonds is 6. The lowest BCUT2D eigenvalue weighted by atomic mass is 10.2. The van der Waals surface area contributed by atoms with E-state index in [-0.39, 0.29) is 5.91 Å². The molecule has 0 unspecified atom stereocenters. The number of carbonyl (C=O) groups is 1. The first-order chi connectivity index (χ1) is 12.5. The van der Waals surface area contributed by atoms with Gasteiger partial charge in [0.2, 0.25) is 0 Å². The van der Waals surface area contributed by atoms with Gasteiger partial charge in [0.15, 0.2) is 16.6 Å². The number of ether oxygens (including phenoxy) is 2. The molecule has 3 rings (SSSR count). The lowest BCUT2D eigenvalue weighted by Crippen LogP contribution is -2.12. The number of aromatic nitrogens is 1. The Morgan fingerprint density at radius 1 is 1.19 bits per heavy atom. The van der Waals surface area contributed by atoms with Gasteiger partial charge in [-0.2, -0.15) is 0 Å². The first kappa shape index (κ1) is 18.2. The van der Waals surface area contributed by atoms with Gasteiger partial charge in [-0.1, -0.05) is 31.3 Å². The van der Waals surface area contributed by atoms with Crippen molar-refractivity contribution in [1.82, 2.24) is 4.98 Å². The van der Waals surface area contributed by atoms with Gasteiger partial charge in [-0.05, 0) is 48.7 Å². The van der Waals surface area contributed by atoms with Crippen molar-refractivity contribution in [2.75, 3.05) is 19.0 Å². The van der Waals surface area contributed by atoms with Crippen LogP contribution in [-0.2, 0) is 0 Å². The summed E-state index contributed by atoms with van der Waals surface area (Å²) in [7, 11) is 1.56. The van der Waals surface area contributed by atoms with E-state index in [2.05, 4.69) is 30.2 Å². The van der Waals surface area contributed by atoms with Gasteiger partial charge >= 0.3 is 0 Å². The van der Waals surface area contributed by atoms with Crippen LogP contribution in [0.5, 0.6) is 11.5 Å². The smallest absolute Gasteiger partial charge is 0.257 e. The summed E-state index contributed by atoms with van der Waals surface area (Å²) < 4.78 is 12.1. The molecular formula is C20H22N2O3S. The number of hydrogen-bond donors (Lipinski definition) is 1. The molecule has 1 heterocycles. The number of nitrogens with one attached hydrogen (secondary N) is 1. The lowest BCUT2D eigenvalue weighted by Gasteiger charge is -2.13. The van der Waals surface area contributed by atoms with E-state index in [0.717, 1.165) is 10.2 Å². The zero-order chi connectivity index (χ0) is 18.7. The highest BCUT2D eigenvalue weighted by molar-refractivity contribution is 7.22. The fraction of sp³-hybridized carbons (Fsp3) is 0.300. The Balaban J connectivity index is 1.77. The molecule has 0 bridgehead atoms. The van der Waals surface area contributed by atoms with Crippen LogP contribution >= 0.6 is 11.3 Å². The largest absolute Gasteiger partial charge is 0.493 e. The molecule has 0 aliphatic carbocycles. The van der Waals surface area contributed by atoms with E-state index in [0.29, 0.717) is 34.7 Å². The molecule has 0 fully saturated rings. The molecule has 5 nitrogen and oxygen atoms in total. The Labute approximate surface area is 157 Å². The second-order valence-corrected chi connectivity index (χ2v) is 7.55. The van der Waals surface area contributed by atoms with Crippen molar-refractivity contribution in [3.63, 3.8) is 0 Å². The van der Waals surface area contributed by atoms with Crippen LogP contribution in [-0.4, -0.2) is 24.6 Å². The van der Waals surface area contributed by atoms with E-state index in [1.807, 2.05) is 19.1 Å². The molecule has 136 valence electrons. The third-order valence-electron chi connectivity index (χ3n) is 3.76. The fourth-order valence-electron chi connectivity index (χ4n) is 2.44. The maximum absolute atomic E-state index is 12.6. The van der Waals surface area contributed by atoms with E-state index < -0.39 is 0 Å². The van der Waals surface area contributed by atoms with Gasteiger partial charge < -0.3 is 9.47 Å². The van der Waals surface area contributed by atoms with E-state index >= 15 is 0 Å². The number of fused-ring (bicyclic) bond motifs is 1. The summed E-state index contributed by atoms with van der Waals surface area (Å²) in [5.74, 6) is 1.35. The third kappa shape index (κ3) is 4.14. The van der Waals surface area contributed by atoms with Crippen molar-refractivity contribution in [2.45, 2.75) is 20.8 Å². The number of nitrogens with zero attached hydrogens (tertiary/aromatic N) is 1. The zero-order valence-corrected chi connectivity index (χ0v) is 16.1. The Kier molecular flexibility index (Phi) is 5.42. The minimum atomic E-state index is -0.227. The molecule has 0 saturated heterocycles. The van der Waals surface area contributed by atoms with Gasteiger partial charge in [-0.15, -0.1) is 0 Å². The maximum Gasteiger partial charge on any atom is 0.257 e. The Morgan fingerprint density at radius 3 is 2.73 bits per heavy atom. The molecule has 0 aliphatic heterocycles. The predicted molar refractivity (Wildman–Crippen MR) is 106 cm³/mol. The Bertz CT molecular complexity index is 934. The maximum atomic E-state index is 12.6. The molecule has 0 spiro atoms. The molecule has 1 amide bonds. The standard InChI is InChI=1S/C20H22N2O3S/c1-12(2)11-25-16-8-6-14(10-17(16)24-4)19(23)22-20-21-15-7-5-13(3)9-18(15)26-20/h5-10,12H,11H2,1-4H3,(H,21,22,23). The quantitative estimate of drug-likeness (QED) is 0.670. The molecular weight excluding hydrogens is 348 g/mol. The minimum Gasteiger partial charge on any atom is -0.493 e. The molecule has 3 aromatic rings. The minimum absolute atomic E-state index is 0.227. The first-order valence-corrected chi connectivity index (χ1v) is 9.27. The van der Waals surface area contributed by atoms with E-state index in [1.54, 1.807) is 25.3 Å². The van der Waals surface area contributed by atoms with Crippen LogP contribution in [0.25, 0.3) is 10.2 Å². The van der Waals surface area contributed by atoms with E-state index in [1.165, 1.54) is 16.9 Å². The van der Waals surface area contributed by atoms with Gasteiger partial charge in [0.1, 0.15) is 0 Å². The highest BCUT2D eigenvalue weighted by Crippen LogP contribution is 2.30. The molecule has 0 aliphatic rings. The van der Waals surface area contributed by atoms with Crippen molar-refractivity contribution >= 4 is 32.6 Å². The zero-order valence-electron chi connectivity index (χ0n) is 15.3. The summed E-state index contributed by atoms with van der Waals surface area (Å²) >= 11 is 1.46. The summed E-state index contributed by atoms with van der Waals surface area (Å²) in [6.45, 7) is 6.78. The van der Waals surface area contributed by atoms with Crippen LogP contribution in [0.4, 0.5) is 5.13 Å². The summed E-state index contributed by atoms with van der Waals surface area (Å²) in [4.78, 5) is 17.0. The Morgan fingerprint density at radius 2 is 2.00 bits per heavy atom. The molecule has 1 aromatic heterocycles. The average Bonchev–Trinajstić information content (AvgIpc) is 3.00. The molecule has 0 saturated carbocycles. The van der Waals surface area contributed by atoms with Crippen LogP contribution in [0.3, 0.4) is 0 Å². The SMILES string of the molecule is COc1cc(C(=O)Nc2nc3ccc(C)cc3s2)ccc1OCC(C)C. The molecule has 2 aromatic carbocycles. The number of carbonyl (C=O) groups excluding carboxylic acids is 1. The third-order valence-corrected chi connectivity index (χ3v) is 4.70. The van der Waals surface area contributed by atoms with E-state index in [4.69, 9.17) is 9.47 Å². The number of aryl methyl sites for hydroxylation is 1. The van der Waals surface area contributed by atoms with Crippen molar-refractivity contribution in [2.24, 2.45) is 5.92 Å². The van der Waals surface area contributed by atoms with Crippen molar-refractivity contribution in [1.29, 1.82) is 0 Å². The monoisotopic (exact) mass is 370 g/mol. The number of thiazole rings is 1. The summed E-state index contributed by atoms with van der Waals surface area (Å²) in [5.41, 5.74) is 2.54. The molecule has 0 radical (unpaired) electrons. The number of hydrogen-bond acceptors (Lipinski definition) is 5. The highest BCUT2D eigenvalue weighted by atomic mass is 32.1. The molecule has 0 atom stereocenters. The topological polar surface area (TPSA) is 60.5 Å². The predicted octanol–water partition coefficient (Wildman–Crippen LogP) is 4.90. The number of amides is 1. The van der Waals surface area contributed by atoms with Crippen LogP contribution < -0.4 is 14.8 Å². The fourth-order valence-corrected chi connectivity index (χ4v) is 3.40. The molecule has 1 N–H and O–H groups in total. The van der Waals surface area contributed by atoms with Gasteiger partial charge in [0.05, 0.1) is 23.9 Å². The first-order valence-electron chi connectivity index (χ1n) is 8.45. The van der Waals surface area contributed by atoms with Crippen LogP contribution in [0, 0.1) is 12.8 Å². The van der Waals surface area contributed by atoms with Gasteiger partial charge in [0, 0.05) is 5.56 Å². The van der Waals surface area contributed by atoms with Gasteiger partial charge in [-0.25, -0.2) is 4.98 Å². The van der Waals surface area contributed by atoms with Crippen molar-refractivity contribution < 1.29 is 14.3 Å². The van der Waals surface area contributed by atoms with Crippen LogP contribution in [0.15, 0.2) is 36.4 Å². The van der Waals surface area contributed by atoms with Crippen LogP contribution in [0.2, 0.25) is 0 Å². The van der Waals surface area contributed by atoms with Gasteiger partial charge in [0.25, 0.3) is 5.91 Å². The second kappa shape index (κ2) is 7.74. The molecule has 6 heteroatoms. The number of benzene rings is 2. The van der Waals surface area contributed by atoms with Crippen molar-refractivity contribution in [3.8, 4) is 11.5 Å². The van der Waals surface area contributed by atoms with Crippen LogP contribution in [0.1, 0.15) is 29.8 Å². The number of methoxy groups -OCH3 is 1. The molecule has 26 heavy (non-hydrogen) atoms. The van der Waals surface area contributed by atoms with Gasteiger partial charge in [-0.3, -0.25) is 10.1 Å². The number of anilines is 1. The van der Waals surface area contributed by atoms with Crippen molar-refractivity contribution in [3.05, 3.63) is 47.5 Å². The summed E-state index contributed by atoms with van der Waals surface area (Å²) in [5, 5.41) is 3.44. The lowest BCUT2D eigenvalue weighted by molar-refractivity contribution is 0.102. The second-order valence-electron chi connectivity index (χ2n) is 6.51.